The number of halogens is 1. The fourth-order valence-electron chi connectivity index (χ4n) is 2.79. The molecular formula is C16H17ClN2S. The van der Waals surface area contributed by atoms with Crippen LogP contribution < -0.4 is 0 Å². The monoisotopic (exact) mass is 304 g/mol. The van der Waals surface area contributed by atoms with Crippen molar-refractivity contribution in [1.29, 1.82) is 0 Å². The highest BCUT2D eigenvalue weighted by atomic mass is 35.5. The van der Waals surface area contributed by atoms with E-state index in [-0.39, 0.29) is 0 Å². The normalized spacial score (nSPS) is 12.9. The lowest BCUT2D eigenvalue weighted by Crippen LogP contribution is -2.11. The molecule has 1 aromatic carbocycles. The van der Waals surface area contributed by atoms with Crippen LogP contribution in [0.5, 0.6) is 0 Å². The maximum atomic E-state index is 6.14. The Kier molecular flexibility index (Phi) is 3.81. The molecule has 0 fully saturated rings. The highest BCUT2D eigenvalue weighted by molar-refractivity contribution is 7.10. The summed E-state index contributed by atoms with van der Waals surface area (Å²) in [5, 5.41) is 2.13. The van der Waals surface area contributed by atoms with Gasteiger partial charge in [0, 0.05) is 4.88 Å². The van der Waals surface area contributed by atoms with Crippen LogP contribution in [0, 0.1) is 6.92 Å². The minimum Gasteiger partial charge on any atom is -0.318 e. The van der Waals surface area contributed by atoms with E-state index in [1.54, 1.807) is 11.3 Å². The second-order valence-corrected chi connectivity index (χ2v) is 6.16. The van der Waals surface area contributed by atoms with E-state index in [0.717, 1.165) is 17.8 Å². The Hall–Kier alpha value is -1.32. The van der Waals surface area contributed by atoms with Crippen molar-refractivity contribution >= 4 is 34.0 Å². The zero-order valence-corrected chi connectivity index (χ0v) is 13.2. The van der Waals surface area contributed by atoms with Crippen LogP contribution in [0.1, 0.15) is 35.7 Å². The summed E-state index contributed by atoms with van der Waals surface area (Å²) in [4.78, 5) is 6.07. The van der Waals surface area contributed by atoms with Crippen LogP contribution in [-0.4, -0.2) is 9.55 Å². The molecule has 0 aliphatic carbocycles. The van der Waals surface area contributed by atoms with Gasteiger partial charge in [0.25, 0.3) is 0 Å². The predicted octanol–water partition coefficient (Wildman–Crippen LogP) is 5.14. The summed E-state index contributed by atoms with van der Waals surface area (Å²) in [6.45, 7) is 4.35. The third-order valence-electron chi connectivity index (χ3n) is 3.67. The SMILES string of the molecule is CCC(c1cccs1)n1c(CCl)nc2cccc(C)c21. The molecule has 0 amide bonds. The molecule has 2 heterocycles. The molecule has 3 rings (SSSR count). The number of rotatable bonds is 4. The van der Waals surface area contributed by atoms with Gasteiger partial charge in [0.1, 0.15) is 5.82 Å². The number of thiophene rings is 1. The Morgan fingerprint density at radius 2 is 2.15 bits per heavy atom. The Morgan fingerprint density at radius 1 is 1.30 bits per heavy atom. The van der Waals surface area contributed by atoms with Crippen LogP contribution >= 0.6 is 22.9 Å². The fourth-order valence-corrected chi connectivity index (χ4v) is 3.88. The van der Waals surface area contributed by atoms with Crippen LogP contribution in [0.2, 0.25) is 0 Å². The van der Waals surface area contributed by atoms with Gasteiger partial charge in [0.05, 0.1) is 23.0 Å². The first-order valence-corrected chi connectivity index (χ1v) is 8.23. The van der Waals surface area contributed by atoms with Gasteiger partial charge in [-0.2, -0.15) is 0 Å². The van der Waals surface area contributed by atoms with Gasteiger partial charge < -0.3 is 4.57 Å². The lowest BCUT2D eigenvalue weighted by Gasteiger charge is -2.19. The van der Waals surface area contributed by atoms with E-state index >= 15 is 0 Å². The van der Waals surface area contributed by atoms with Gasteiger partial charge in [0.15, 0.2) is 0 Å². The van der Waals surface area contributed by atoms with E-state index in [2.05, 4.69) is 54.1 Å². The molecule has 0 bridgehead atoms. The lowest BCUT2D eigenvalue weighted by atomic mass is 10.1. The average Bonchev–Trinajstić information content (AvgIpc) is 3.08. The van der Waals surface area contributed by atoms with E-state index in [1.165, 1.54) is 16.0 Å². The number of nitrogens with zero attached hydrogens (tertiary/aromatic N) is 2. The van der Waals surface area contributed by atoms with Crippen LogP contribution in [-0.2, 0) is 5.88 Å². The first kappa shape index (κ1) is 13.7. The second kappa shape index (κ2) is 5.58. The maximum absolute atomic E-state index is 6.14. The number of benzene rings is 1. The minimum absolute atomic E-state index is 0.315. The molecule has 2 aromatic heterocycles. The van der Waals surface area contributed by atoms with Crippen LogP contribution in [0.4, 0.5) is 0 Å². The quantitative estimate of drug-likeness (QED) is 0.610. The zero-order chi connectivity index (χ0) is 14.1. The third kappa shape index (κ3) is 2.15. The molecule has 4 heteroatoms. The molecule has 2 nitrogen and oxygen atoms in total. The fraction of sp³-hybridized carbons (Fsp3) is 0.312. The number of aryl methyl sites for hydroxylation is 1. The lowest BCUT2D eigenvalue weighted by molar-refractivity contribution is 0.573. The Bertz CT molecular complexity index is 715. The van der Waals surface area contributed by atoms with Gasteiger partial charge in [-0.25, -0.2) is 4.98 Å². The van der Waals surface area contributed by atoms with E-state index in [0.29, 0.717) is 11.9 Å². The molecule has 0 saturated carbocycles. The maximum Gasteiger partial charge on any atom is 0.125 e. The summed E-state index contributed by atoms with van der Waals surface area (Å²) in [6.07, 6.45) is 1.03. The predicted molar refractivity (Wildman–Crippen MR) is 86.8 cm³/mol. The smallest absolute Gasteiger partial charge is 0.125 e. The number of hydrogen-bond acceptors (Lipinski definition) is 2. The number of hydrogen-bond donors (Lipinski definition) is 0. The van der Waals surface area contributed by atoms with Crippen LogP contribution in [0.3, 0.4) is 0 Å². The minimum atomic E-state index is 0.315. The largest absolute Gasteiger partial charge is 0.318 e. The average molecular weight is 305 g/mol. The van der Waals surface area contributed by atoms with Crippen molar-refractivity contribution in [1.82, 2.24) is 9.55 Å². The molecule has 0 aliphatic heterocycles. The molecule has 0 N–H and O–H groups in total. The Balaban J connectivity index is 2.28. The van der Waals surface area contributed by atoms with Crippen molar-refractivity contribution < 1.29 is 0 Å². The number of alkyl halides is 1. The summed E-state index contributed by atoms with van der Waals surface area (Å²) in [5.74, 6) is 1.40. The summed E-state index contributed by atoms with van der Waals surface area (Å²) in [6, 6.07) is 10.9. The van der Waals surface area contributed by atoms with Crippen molar-refractivity contribution in [3.63, 3.8) is 0 Å². The van der Waals surface area contributed by atoms with E-state index in [4.69, 9.17) is 16.6 Å². The summed E-state index contributed by atoms with van der Waals surface area (Å²) < 4.78 is 2.32. The van der Waals surface area contributed by atoms with E-state index in [9.17, 15) is 0 Å². The molecule has 1 unspecified atom stereocenters. The van der Waals surface area contributed by atoms with Crippen molar-refractivity contribution in [2.24, 2.45) is 0 Å². The molecule has 20 heavy (non-hydrogen) atoms. The van der Waals surface area contributed by atoms with E-state index in [1.807, 2.05) is 0 Å². The summed E-state index contributed by atoms with van der Waals surface area (Å²) in [7, 11) is 0. The summed E-state index contributed by atoms with van der Waals surface area (Å²) >= 11 is 7.93. The molecule has 104 valence electrons. The Labute approximate surface area is 128 Å². The van der Waals surface area contributed by atoms with Gasteiger partial charge in [-0.1, -0.05) is 25.1 Å². The van der Waals surface area contributed by atoms with Crippen molar-refractivity contribution in [3.8, 4) is 0 Å². The number of fused-ring (bicyclic) bond motifs is 1. The van der Waals surface area contributed by atoms with Gasteiger partial charge >= 0.3 is 0 Å². The Morgan fingerprint density at radius 3 is 2.80 bits per heavy atom. The number of para-hydroxylation sites is 1. The van der Waals surface area contributed by atoms with Gasteiger partial charge in [0.2, 0.25) is 0 Å². The molecule has 0 spiro atoms. The topological polar surface area (TPSA) is 17.8 Å². The zero-order valence-electron chi connectivity index (χ0n) is 11.6. The van der Waals surface area contributed by atoms with Crippen molar-refractivity contribution in [2.75, 3.05) is 0 Å². The van der Waals surface area contributed by atoms with Crippen molar-refractivity contribution in [3.05, 3.63) is 52.0 Å². The molecule has 0 aliphatic rings. The molecule has 0 saturated heterocycles. The standard InChI is InChI=1S/C16H17ClN2S/c1-3-13(14-8-5-9-20-14)19-15(10-17)18-12-7-4-6-11(2)16(12)19/h4-9,13H,3,10H2,1-2H3. The first-order valence-electron chi connectivity index (χ1n) is 6.82. The molecular weight excluding hydrogens is 288 g/mol. The summed E-state index contributed by atoms with van der Waals surface area (Å²) in [5.41, 5.74) is 3.50. The van der Waals surface area contributed by atoms with Crippen molar-refractivity contribution in [2.45, 2.75) is 32.2 Å². The van der Waals surface area contributed by atoms with Gasteiger partial charge in [-0.3, -0.25) is 0 Å². The molecule has 0 radical (unpaired) electrons. The van der Waals surface area contributed by atoms with Crippen LogP contribution in [0.15, 0.2) is 35.7 Å². The van der Waals surface area contributed by atoms with Gasteiger partial charge in [-0.15, -0.1) is 22.9 Å². The van der Waals surface area contributed by atoms with Gasteiger partial charge in [-0.05, 0) is 36.4 Å². The van der Waals surface area contributed by atoms with Crippen LogP contribution in [0.25, 0.3) is 11.0 Å². The number of imidazole rings is 1. The molecule has 3 aromatic rings. The number of aromatic nitrogens is 2. The molecule has 1 atom stereocenters. The highest BCUT2D eigenvalue weighted by Gasteiger charge is 2.20. The first-order chi connectivity index (χ1) is 9.76. The second-order valence-electron chi connectivity index (χ2n) is 4.91. The third-order valence-corrected chi connectivity index (χ3v) is 4.89. The van der Waals surface area contributed by atoms with E-state index < -0.39 is 0 Å². The highest BCUT2D eigenvalue weighted by Crippen LogP contribution is 2.32.